The second-order valence-electron chi connectivity index (χ2n) is 4.68. The van der Waals surface area contributed by atoms with Crippen molar-refractivity contribution in [1.82, 2.24) is 9.97 Å². The summed E-state index contributed by atoms with van der Waals surface area (Å²) >= 11 is 0. The third-order valence-electron chi connectivity index (χ3n) is 3.25. The van der Waals surface area contributed by atoms with E-state index in [0.29, 0.717) is 11.8 Å². The van der Waals surface area contributed by atoms with Crippen LogP contribution in [0, 0.1) is 0 Å². The fraction of sp³-hybridized carbons (Fsp3) is 0.0588. The van der Waals surface area contributed by atoms with Crippen LogP contribution in [0.4, 0.5) is 17.5 Å². The Morgan fingerprint density at radius 3 is 2.41 bits per heavy atom. The maximum atomic E-state index is 6.08. The average molecular weight is 292 g/mol. The summed E-state index contributed by atoms with van der Waals surface area (Å²) in [7, 11) is 1.63. The van der Waals surface area contributed by atoms with Gasteiger partial charge in [0, 0.05) is 23.0 Å². The number of nitrogens with two attached hydrogens (primary N) is 1. The number of nitrogens with zero attached hydrogens (tertiary/aromatic N) is 2. The number of para-hydroxylation sites is 2. The maximum absolute atomic E-state index is 6.08. The monoisotopic (exact) mass is 292 g/mol. The zero-order valence-electron chi connectivity index (χ0n) is 12.2. The van der Waals surface area contributed by atoms with E-state index in [1.54, 1.807) is 13.3 Å². The first-order chi connectivity index (χ1) is 10.8. The zero-order valence-corrected chi connectivity index (χ0v) is 12.2. The normalized spacial score (nSPS) is 10.2. The minimum atomic E-state index is 0.401. The Morgan fingerprint density at radius 2 is 1.68 bits per heavy atom. The summed E-state index contributed by atoms with van der Waals surface area (Å²) in [5.41, 5.74) is 8.61. The highest BCUT2D eigenvalue weighted by Gasteiger charge is 2.11. The van der Waals surface area contributed by atoms with Gasteiger partial charge in [0.05, 0.1) is 7.11 Å². The number of benzene rings is 2. The molecule has 0 bridgehead atoms. The minimum Gasteiger partial charge on any atom is -0.496 e. The number of hydrogen-bond acceptors (Lipinski definition) is 5. The molecule has 0 fully saturated rings. The Bertz CT molecular complexity index is 775. The third-order valence-corrected chi connectivity index (χ3v) is 3.25. The van der Waals surface area contributed by atoms with Gasteiger partial charge >= 0.3 is 0 Å². The number of ether oxygens (including phenoxy) is 1. The summed E-state index contributed by atoms with van der Waals surface area (Å²) in [5.74, 6) is 1.60. The van der Waals surface area contributed by atoms with Gasteiger partial charge in [0.1, 0.15) is 11.6 Å². The summed E-state index contributed by atoms with van der Waals surface area (Å²) in [6.07, 6.45) is 1.70. The summed E-state index contributed by atoms with van der Waals surface area (Å²) in [5, 5.41) is 3.12. The Balaban J connectivity index is 1.92. The van der Waals surface area contributed by atoms with Crippen LogP contribution < -0.4 is 15.8 Å². The topological polar surface area (TPSA) is 73.1 Å². The van der Waals surface area contributed by atoms with Crippen molar-refractivity contribution in [3.05, 3.63) is 60.8 Å². The first kappa shape index (κ1) is 13.9. The van der Waals surface area contributed by atoms with E-state index in [0.717, 1.165) is 22.6 Å². The number of rotatable bonds is 4. The molecule has 5 heteroatoms. The zero-order chi connectivity index (χ0) is 15.4. The standard InChI is InChI=1S/C17H16N4O/c1-22-15-10-6-5-9-13(15)14-11-19-17(21-16(14)18)20-12-7-3-2-4-8-12/h2-11H,1H3,(H3,18,19,20,21). The van der Waals surface area contributed by atoms with Gasteiger partial charge in [0.25, 0.3) is 0 Å². The molecule has 1 aromatic heterocycles. The summed E-state index contributed by atoms with van der Waals surface area (Å²) in [4.78, 5) is 8.65. The van der Waals surface area contributed by atoms with Crippen LogP contribution in [0.25, 0.3) is 11.1 Å². The fourth-order valence-electron chi connectivity index (χ4n) is 2.18. The van der Waals surface area contributed by atoms with Crippen LogP contribution in [0.2, 0.25) is 0 Å². The molecule has 0 amide bonds. The highest BCUT2D eigenvalue weighted by Crippen LogP contribution is 2.32. The minimum absolute atomic E-state index is 0.401. The molecule has 0 saturated heterocycles. The molecule has 0 aliphatic carbocycles. The van der Waals surface area contributed by atoms with E-state index in [4.69, 9.17) is 10.5 Å². The molecule has 5 nitrogen and oxygen atoms in total. The van der Waals surface area contributed by atoms with Crippen molar-refractivity contribution < 1.29 is 4.74 Å². The van der Waals surface area contributed by atoms with Gasteiger partial charge in [-0.05, 0) is 18.2 Å². The molecule has 3 rings (SSSR count). The van der Waals surface area contributed by atoms with Crippen LogP contribution in [0.1, 0.15) is 0 Å². The summed E-state index contributed by atoms with van der Waals surface area (Å²) in [6.45, 7) is 0. The fourth-order valence-corrected chi connectivity index (χ4v) is 2.18. The van der Waals surface area contributed by atoms with Crippen molar-refractivity contribution >= 4 is 17.5 Å². The van der Waals surface area contributed by atoms with E-state index >= 15 is 0 Å². The molecular weight excluding hydrogens is 276 g/mol. The predicted octanol–water partition coefficient (Wildman–Crippen LogP) is 3.48. The highest BCUT2D eigenvalue weighted by molar-refractivity contribution is 5.78. The molecule has 22 heavy (non-hydrogen) atoms. The molecule has 3 N–H and O–H groups in total. The smallest absolute Gasteiger partial charge is 0.229 e. The van der Waals surface area contributed by atoms with Crippen molar-refractivity contribution in [2.24, 2.45) is 0 Å². The van der Waals surface area contributed by atoms with Gasteiger partial charge in [-0.1, -0.05) is 36.4 Å². The molecule has 0 atom stereocenters. The van der Waals surface area contributed by atoms with Crippen molar-refractivity contribution in [1.29, 1.82) is 0 Å². The lowest BCUT2D eigenvalue weighted by atomic mass is 10.1. The van der Waals surface area contributed by atoms with Crippen LogP contribution in [0.15, 0.2) is 60.8 Å². The molecule has 0 aliphatic heterocycles. The second-order valence-corrected chi connectivity index (χ2v) is 4.68. The van der Waals surface area contributed by atoms with Gasteiger partial charge < -0.3 is 15.8 Å². The lowest BCUT2D eigenvalue weighted by Crippen LogP contribution is -2.02. The van der Waals surface area contributed by atoms with Gasteiger partial charge in [-0.3, -0.25) is 0 Å². The van der Waals surface area contributed by atoms with Gasteiger partial charge in [0.2, 0.25) is 5.95 Å². The lowest BCUT2D eigenvalue weighted by Gasteiger charge is -2.11. The first-order valence-electron chi connectivity index (χ1n) is 6.86. The number of aromatic nitrogens is 2. The van der Waals surface area contributed by atoms with Crippen LogP contribution >= 0.6 is 0 Å². The van der Waals surface area contributed by atoms with Crippen molar-refractivity contribution in [3.63, 3.8) is 0 Å². The highest BCUT2D eigenvalue weighted by atomic mass is 16.5. The number of methoxy groups -OCH3 is 1. The molecule has 0 saturated carbocycles. The van der Waals surface area contributed by atoms with Crippen LogP contribution in [-0.4, -0.2) is 17.1 Å². The first-order valence-corrected chi connectivity index (χ1v) is 6.86. The van der Waals surface area contributed by atoms with E-state index in [2.05, 4.69) is 15.3 Å². The Hall–Kier alpha value is -3.08. The van der Waals surface area contributed by atoms with E-state index in [9.17, 15) is 0 Å². The van der Waals surface area contributed by atoms with E-state index in [1.165, 1.54) is 0 Å². The predicted molar refractivity (Wildman–Crippen MR) is 88.2 cm³/mol. The van der Waals surface area contributed by atoms with Gasteiger partial charge in [-0.25, -0.2) is 4.98 Å². The lowest BCUT2D eigenvalue weighted by molar-refractivity contribution is 0.416. The van der Waals surface area contributed by atoms with Crippen molar-refractivity contribution in [3.8, 4) is 16.9 Å². The van der Waals surface area contributed by atoms with E-state index in [1.807, 2.05) is 54.6 Å². The number of nitrogen functional groups attached to an aromatic ring is 1. The quantitative estimate of drug-likeness (QED) is 0.770. The van der Waals surface area contributed by atoms with E-state index in [-0.39, 0.29) is 0 Å². The molecule has 3 aromatic rings. The van der Waals surface area contributed by atoms with Crippen molar-refractivity contribution in [2.75, 3.05) is 18.2 Å². The number of hydrogen-bond donors (Lipinski definition) is 2. The molecule has 0 aliphatic rings. The Morgan fingerprint density at radius 1 is 0.955 bits per heavy atom. The van der Waals surface area contributed by atoms with Gasteiger partial charge in [-0.15, -0.1) is 0 Å². The molecule has 0 radical (unpaired) electrons. The summed E-state index contributed by atoms with van der Waals surface area (Å²) in [6, 6.07) is 17.3. The molecule has 0 unspecified atom stereocenters. The van der Waals surface area contributed by atoms with Gasteiger partial charge in [-0.2, -0.15) is 4.98 Å². The van der Waals surface area contributed by atoms with Crippen LogP contribution in [0.5, 0.6) is 5.75 Å². The second kappa shape index (κ2) is 6.13. The Labute approximate surface area is 128 Å². The van der Waals surface area contributed by atoms with Crippen molar-refractivity contribution in [2.45, 2.75) is 0 Å². The largest absolute Gasteiger partial charge is 0.496 e. The summed E-state index contributed by atoms with van der Waals surface area (Å²) < 4.78 is 5.35. The SMILES string of the molecule is COc1ccccc1-c1cnc(Nc2ccccc2)nc1N. The molecule has 0 spiro atoms. The van der Waals surface area contributed by atoms with Crippen LogP contribution in [-0.2, 0) is 0 Å². The Kier molecular flexibility index (Phi) is 3.87. The molecular formula is C17H16N4O. The molecule has 1 heterocycles. The van der Waals surface area contributed by atoms with Gasteiger partial charge in [0.15, 0.2) is 0 Å². The maximum Gasteiger partial charge on any atom is 0.229 e. The molecule has 2 aromatic carbocycles. The number of nitrogens with one attached hydrogen (secondary N) is 1. The molecule has 110 valence electrons. The van der Waals surface area contributed by atoms with E-state index < -0.39 is 0 Å². The third kappa shape index (κ3) is 2.83. The average Bonchev–Trinajstić information content (AvgIpc) is 2.56. The number of anilines is 3. The van der Waals surface area contributed by atoms with Crippen LogP contribution in [0.3, 0.4) is 0 Å².